The van der Waals surface area contributed by atoms with Gasteiger partial charge in [0.1, 0.15) is 6.10 Å². The zero-order valence-electron chi connectivity index (χ0n) is 9.72. The lowest BCUT2D eigenvalue weighted by Crippen LogP contribution is -1.96. The summed E-state index contributed by atoms with van der Waals surface area (Å²) in [4.78, 5) is 0. The minimum absolute atomic E-state index is 0.726. The average molecular weight is 222 g/mol. The van der Waals surface area contributed by atoms with Crippen LogP contribution in [0.25, 0.3) is 0 Å². The van der Waals surface area contributed by atoms with Crippen molar-refractivity contribution in [2.24, 2.45) is 0 Å². The molecule has 0 aliphatic rings. The predicted molar refractivity (Wildman–Crippen MR) is 69.5 cm³/mol. The Hall–Kier alpha value is -2.04. The Bertz CT molecular complexity index is 546. The number of rotatable bonds is 1. The summed E-state index contributed by atoms with van der Waals surface area (Å²) >= 11 is 0. The van der Waals surface area contributed by atoms with Gasteiger partial charge in [0.25, 0.3) is 0 Å². The minimum atomic E-state index is -0.726. The summed E-state index contributed by atoms with van der Waals surface area (Å²) in [5.74, 6) is 5.83. The normalized spacial score (nSPS) is 11.4. The first-order valence-corrected chi connectivity index (χ1v) is 5.57. The minimum Gasteiger partial charge on any atom is -0.376 e. The smallest absolute Gasteiger partial charge is 0.140 e. The van der Waals surface area contributed by atoms with Crippen molar-refractivity contribution in [2.45, 2.75) is 13.0 Å². The maximum absolute atomic E-state index is 9.99. The Morgan fingerprint density at radius 2 is 1.59 bits per heavy atom. The molecular weight excluding hydrogens is 208 g/mol. The molecule has 1 nitrogen and oxygen atoms in total. The lowest BCUT2D eigenvalue weighted by molar-refractivity contribution is 0.237. The SMILES string of the molecule is Cc1ccccc1C(O)C#Cc1ccccc1. The van der Waals surface area contributed by atoms with E-state index in [0.29, 0.717) is 0 Å². The van der Waals surface area contributed by atoms with Crippen molar-refractivity contribution in [3.8, 4) is 11.8 Å². The van der Waals surface area contributed by atoms with E-state index < -0.39 is 6.10 Å². The average Bonchev–Trinajstić information content (AvgIpc) is 2.38. The summed E-state index contributed by atoms with van der Waals surface area (Å²) in [6.07, 6.45) is -0.726. The monoisotopic (exact) mass is 222 g/mol. The van der Waals surface area contributed by atoms with Crippen molar-refractivity contribution >= 4 is 0 Å². The van der Waals surface area contributed by atoms with Crippen LogP contribution in [0.15, 0.2) is 54.6 Å². The fourth-order valence-corrected chi connectivity index (χ4v) is 1.64. The molecule has 2 aromatic rings. The summed E-state index contributed by atoms with van der Waals surface area (Å²) in [5.41, 5.74) is 2.85. The van der Waals surface area contributed by atoms with Crippen molar-refractivity contribution in [1.29, 1.82) is 0 Å². The Balaban J connectivity index is 2.21. The zero-order chi connectivity index (χ0) is 12.1. The maximum atomic E-state index is 9.99. The molecule has 0 aromatic heterocycles. The van der Waals surface area contributed by atoms with Crippen molar-refractivity contribution in [2.75, 3.05) is 0 Å². The fraction of sp³-hybridized carbons (Fsp3) is 0.125. The molecule has 2 rings (SSSR count). The molecule has 0 spiro atoms. The molecule has 0 amide bonds. The van der Waals surface area contributed by atoms with E-state index in [1.54, 1.807) is 0 Å². The van der Waals surface area contributed by atoms with Crippen LogP contribution < -0.4 is 0 Å². The van der Waals surface area contributed by atoms with E-state index in [9.17, 15) is 5.11 Å². The lowest BCUT2D eigenvalue weighted by Gasteiger charge is -2.06. The summed E-state index contributed by atoms with van der Waals surface area (Å²) in [7, 11) is 0. The highest BCUT2D eigenvalue weighted by molar-refractivity contribution is 5.38. The van der Waals surface area contributed by atoms with Crippen LogP contribution in [0.2, 0.25) is 0 Å². The Kier molecular flexibility index (Phi) is 3.59. The van der Waals surface area contributed by atoms with Crippen LogP contribution in [0.5, 0.6) is 0 Å². The van der Waals surface area contributed by atoms with E-state index in [2.05, 4.69) is 11.8 Å². The Morgan fingerprint density at radius 1 is 0.941 bits per heavy atom. The zero-order valence-corrected chi connectivity index (χ0v) is 9.72. The molecule has 1 N–H and O–H groups in total. The van der Waals surface area contributed by atoms with Crippen LogP contribution in [-0.4, -0.2) is 5.11 Å². The molecule has 1 heteroatoms. The third kappa shape index (κ3) is 2.96. The second kappa shape index (κ2) is 5.34. The number of hydrogen-bond acceptors (Lipinski definition) is 1. The van der Waals surface area contributed by atoms with E-state index in [1.807, 2.05) is 61.5 Å². The van der Waals surface area contributed by atoms with Gasteiger partial charge in [-0.15, -0.1) is 0 Å². The molecule has 0 radical (unpaired) electrons. The number of benzene rings is 2. The van der Waals surface area contributed by atoms with E-state index >= 15 is 0 Å². The molecule has 0 saturated heterocycles. The van der Waals surface area contributed by atoms with Gasteiger partial charge in [0.2, 0.25) is 0 Å². The molecule has 0 heterocycles. The largest absolute Gasteiger partial charge is 0.376 e. The number of aryl methyl sites for hydroxylation is 1. The van der Waals surface area contributed by atoms with Crippen LogP contribution in [0.3, 0.4) is 0 Å². The van der Waals surface area contributed by atoms with Gasteiger partial charge < -0.3 is 5.11 Å². The van der Waals surface area contributed by atoms with Crippen LogP contribution in [0.4, 0.5) is 0 Å². The number of hydrogen-bond donors (Lipinski definition) is 1. The number of aliphatic hydroxyl groups is 1. The highest BCUT2D eigenvalue weighted by Gasteiger charge is 2.05. The second-order valence-corrected chi connectivity index (χ2v) is 3.89. The van der Waals surface area contributed by atoms with E-state index in [0.717, 1.165) is 16.7 Å². The number of aliphatic hydroxyl groups excluding tert-OH is 1. The summed E-state index contributed by atoms with van der Waals surface area (Å²) in [6.45, 7) is 1.97. The van der Waals surface area contributed by atoms with Crippen molar-refractivity contribution in [3.05, 3.63) is 71.3 Å². The maximum Gasteiger partial charge on any atom is 0.140 e. The molecule has 1 unspecified atom stereocenters. The first-order valence-electron chi connectivity index (χ1n) is 5.57. The predicted octanol–water partition coefficient (Wildman–Crippen LogP) is 3.08. The van der Waals surface area contributed by atoms with Crippen LogP contribution in [-0.2, 0) is 0 Å². The molecule has 2 aromatic carbocycles. The highest BCUT2D eigenvalue weighted by atomic mass is 16.3. The van der Waals surface area contributed by atoms with E-state index in [4.69, 9.17) is 0 Å². The molecule has 84 valence electrons. The van der Waals surface area contributed by atoms with Gasteiger partial charge in [0, 0.05) is 5.56 Å². The first kappa shape index (κ1) is 11.4. The van der Waals surface area contributed by atoms with E-state index in [-0.39, 0.29) is 0 Å². The second-order valence-electron chi connectivity index (χ2n) is 3.89. The molecule has 0 saturated carbocycles. The molecule has 0 bridgehead atoms. The van der Waals surface area contributed by atoms with Crippen LogP contribution in [0, 0.1) is 18.8 Å². The molecule has 1 atom stereocenters. The van der Waals surface area contributed by atoms with Gasteiger partial charge in [-0.2, -0.15) is 0 Å². The van der Waals surface area contributed by atoms with Gasteiger partial charge in [-0.05, 0) is 30.2 Å². The molecule has 0 aliphatic heterocycles. The molecular formula is C16H14O. The molecule has 17 heavy (non-hydrogen) atoms. The molecule has 0 aliphatic carbocycles. The van der Waals surface area contributed by atoms with Crippen LogP contribution >= 0.6 is 0 Å². The van der Waals surface area contributed by atoms with Gasteiger partial charge in [0.05, 0.1) is 0 Å². The van der Waals surface area contributed by atoms with Crippen molar-refractivity contribution in [1.82, 2.24) is 0 Å². The lowest BCUT2D eigenvalue weighted by atomic mass is 10.0. The Labute approximate surface area is 102 Å². The van der Waals surface area contributed by atoms with Gasteiger partial charge in [-0.25, -0.2) is 0 Å². The standard InChI is InChI=1S/C16H14O/c1-13-7-5-6-10-15(13)16(17)12-11-14-8-3-2-4-9-14/h2-10,16-17H,1H3. The third-order valence-corrected chi connectivity index (χ3v) is 2.61. The van der Waals surface area contributed by atoms with Gasteiger partial charge in [-0.1, -0.05) is 54.3 Å². The van der Waals surface area contributed by atoms with Crippen molar-refractivity contribution in [3.63, 3.8) is 0 Å². The van der Waals surface area contributed by atoms with Crippen LogP contribution in [0.1, 0.15) is 22.8 Å². The topological polar surface area (TPSA) is 20.2 Å². The molecule has 0 fully saturated rings. The summed E-state index contributed by atoms with van der Waals surface area (Å²) in [6, 6.07) is 17.4. The van der Waals surface area contributed by atoms with Crippen molar-refractivity contribution < 1.29 is 5.11 Å². The quantitative estimate of drug-likeness (QED) is 0.735. The van der Waals surface area contributed by atoms with Gasteiger partial charge in [-0.3, -0.25) is 0 Å². The van der Waals surface area contributed by atoms with Gasteiger partial charge in [0.15, 0.2) is 0 Å². The summed E-state index contributed by atoms with van der Waals surface area (Å²) in [5, 5.41) is 9.99. The first-order chi connectivity index (χ1) is 8.27. The third-order valence-electron chi connectivity index (χ3n) is 2.61. The Morgan fingerprint density at radius 3 is 2.29 bits per heavy atom. The summed E-state index contributed by atoms with van der Waals surface area (Å²) < 4.78 is 0. The van der Waals surface area contributed by atoms with E-state index in [1.165, 1.54) is 0 Å². The fourth-order valence-electron chi connectivity index (χ4n) is 1.64. The highest BCUT2D eigenvalue weighted by Crippen LogP contribution is 2.16. The van der Waals surface area contributed by atoms with Gasteiger partial charge >= 0.3 is 0 Å².